The maximum absolute atomic E-state index is 13.3. The molecule has 12 nitrogen and oxygen atoms in total. The quantitative estimate of drug-likeness (QED) is 0.106. The summed E-state index contributed by atoms with van der Waals surface area (Å²) in [5, 5.41) is 5.38. The average molecular weight is 753 g/mol. The van der Waals surface area contributed by atoms with Gasteiger partial charge in [-0.25, -0.2) is 4.98 Å². The van der Waals surface area contributed by atoms with Crippen molar-refractivity contribution < 1.29 is 38.1 Å². The Balaban J connectivity index is 0.934. The van der Waals surface area contributed by atoms with Gasteiger partial charge in [-0.05, 0) is 96.1 Å². The van der Waals surface area contributed by atoms with E-state index in [1.54, 1.807) is 20.3 Å². The molecule has 4 heterocycles. The largest absolute Gasteiger partial charge is 0.494 e. The Morgan fingerprint density at radius 2 is 1.50 bits per heavy atom. The first kappa shape index (κ1) is 36.3. The molecule has 3 aliphatic rings. The molecule has 1 aromatic heterocycles. The van der Waals surface area contributed by atoms with Crippen molar-refractivity contribution in [3.8, 4) is 56.6 Å². The van der Waals surface area contributed by atoms with Crippen molar-refractivity contribution in [2.45, 2.75) is 44.7 Å². The van der Waals surface area contributed by atoms with Crippen LogP contribution in [-0.4, -0.2) is 67.0 Å². The van der Waals surface area contributed by atoms with Crippen LogP contribution in [0.5, 0.6) is 23.0 Å². The van der Waals surface area contributed by atoms with Crippen LogP contribution >= 0.6 is 0 Å². The van der Waals surface area contributed by atoms with Gasteiger partial charge in [0, 0.05) is 24.1 Å². The van der Waals surface area contributed by atoms with Crippen molar-refractivity contribution in [3.63, 3.8) is 0 Å². The number of aromatic nitrogens is 1. The standard InChI is InChI=1S/C44H40N4O8/c1-53-36-18-14-27(22-38(36)54-2)31-23-34(46-42-30-9-3-4-10-33(30)45-40(50)24-32(31)42)26-12-15-29(16-13-26)55-20-5-6-21-56-37-11-7-8-28-25-48(44(52)41(28)37)35-17-19-39(49)47-43(35)51/h3-4,7-16,18,22-23,35H,5-6,17,19-21,24-25H2,1-2H3,(H,45,50)(H,47,49,51). The maximum Gasteiger partial charge on any atom is 0.258 e. The third-order valence-electron chi connectivity index (χ3n) is 10.3. The van der Waals surface area contributed by atoms with E-state index in [1.807, 2.05) is 84.9 Å². The van der Waals surface area contributed by atoms with E-state index in [9.17, 15) is 19.2 Å². The fourth-order valence-corrected chi connectivity index (χ4v) is 7.54. The monoisotopic (exact) mass is 752 g/mol. The summed E-state index contributed by atoms with van der Waals surface area (Å²) in [6, 6.07) is 28.0. The van der Waals surface area contributed by atoms with Gasteiger partial charge in [0.2, 0.25) is 17.7 Å². The van der Waals surface area contributed by atoms with Crippen LogP contribution in [0.2, 0.25) is 0 Å². The normalized spacial score (nSPS) is 15.9. The van der Waals surface area contributed by atoms with Gasteiger partial charge in [0.25, 0.3) is 5.91 Å². The molecule has 4 amide bonds. The number of hydrogen-bond acceptors (Lipinski definition) is 9. The van der Waals surface area contributed by atoms with E-state index in [4.69, 9.17) is 23.9 Å². The smallest absolute Gasteiger partial charge is 0.258 e. The molecule has 8 rings (SSSR count). The first-order valence-corrected chi connectivity index (χ1v) is 18.6. The van der Waals surface area contributed by atoms with Gasteiger partial charge < -0.3 is 29.2 Å². The highest BCUT2D eigenvalue weighted by Crippen LogP contribution is 2.42. The number of imide groups is 1. The minimum Gasteiger partial charge on any atom is -0.494 e. The Labute approximate surface area is 323 Å². The summed E-state index contributed by atoms with van der Waals surface area (Å²) in [7, 11) is 3.20. The highest BCUT2D eigenvalue weighted by atomic mass is 16.5. The molecular weight excluding hydrogens is 713 g/mol. The zero-order valence-corrected chi connectivity index (χ0v) is 31.1. The van der Waals surface area contributed by atoms with Crippen molar-refractivity contribution in [2.24, 2.45) is 0 Å². The molecule has 0 bridgehead atoms. The number of fused-ring (bicyclic) bond motifs is 4. The Hall–Kier alpha value is -6.69. The average Bonchev–Trinajstić information content (AvgIpc) is 3.47. The third kappa shape index (κ3) is 7.13. The highest BCUT2D eigenvalue weighted by molar-refractivity contribution is 6.06. The molecule has 284 valence electrons. The fourth-order valence-electron chi connectivity index (χ4n) is 7.54. The van der Waals surface area contributed by atoms with E-state index in [-0.39, 0.29) is 30.6 Å². The molecule has 0 spiro atoms. The Morgan fingerprint density at radius 1 is 0.732 bits per heavy atom. The lowest BCUT2D eigenvalue weighted by Gasteiger charge is -2.29. The number of carbonyl (C=O) groups is 4. The van der Waals surface area contributed by atoms with Gasteiger partial charge in [0.15, 0.2) is 11.5 Å². The second-order valence-electron chi connectivity index (χ2n) is 13.8. The van der Waals surface area contributed by atoms with Gasteiger partial charge in [0.1, 0.15) is 17.5 Å². The van der Waals surface area contributed by atoms with Crippen LogP contribution in [0.3, 0.4) is 0 Å². The molecule has 5 aromatic rings. The minimum absolute atomic E-state index is 0.113. The second-order valence-corrected chi connectivity index (χ2v) is 13.8. The van der Waals surface area contributed by atoms with Crippen LogP contribution in [0.4, 0.5) is 5.69 Å². The second kappa shape index (κ2) is 15.6. The molecule has 1 atom stereocenters. The lowest BCUT2D eigenvalue weighted by atomic mass is 9.92. The van der Waals surface area contributed by atoms with Crippen molar-refractivity contribution in [1.82, 2.24) is 15.2 Å². The predicted octanol–water partition coefficient (Wildman–Crippen LogP) is 6.59. The van der Waals surface area contributed by atoms with Gasteiger partial charge in [-0.15, -0.1) is 0 Å². The summed E-state index contributed by atoms with van der Waals surface area (Å²) in [5.41, 5.74) is 7.77. The molecule has 12 heteroatoms. The molecule has 0 saturated carbocycles. The van der Waals surface area contributed by atoms with E-state index < -0.39 is 11.9 Å². The molecule has 56 heavy (non-hydrogen) atoms. The number of nitrogens with one attached hydrogen (secondary N) is 2. The molecule has 1 unspecified atom stereocenters. The van der Waals surface area contributed by atoms with Crippen molar-refractivity contribution >= 4 is 29.3 Å². The maximum atomic E-state index is 13.3. The number of rotatable bonds is 12. The van der Waals surface area contributed by atoms with Crippen LogP contribution in [0, 0.1) is 0 Å². The number of hydrogen-bond donors (Lipinski definition) is 2. The van der Waals surface area contributed by atoms with Crippen LogP contribution in [0.1, 0.15) is 47.2 Å². The topological polar surface area (TPSA) is 145 Å². The zero-order valence-electron chi connectivity index (χ0n) is 31.1. The summed E-state index contributed by atoms with van der Waals surface area (Å²) in [6.45, 7) is 1.16. The predicted molar refractivity (Wildman–Crippen MR) is 209 cm³/mol. The van der Waals surface area contributed by atoms with Crippen LogP contribution in [0.25, 0.3) is 33.6 Å². The highest BCUT2D eigenvalue weighted by Gasteiger charge is 2.40. The number of amides is 4. The Morgan fingerprint density at radius 3 is 2.29 bits per heavy atom. The summed E-state index contributed by atoms with van der Waals surface area (Å²) < 4.78 is 23.2. The van der Waals surface area contributed by atoms with E-state index in [0.717, 1.165) is 51.2 Å². The molecule has 1 fully saturated rings. The molecule has 3 aliphatic heterocycles. The number of unbranched alkanes of at least 4 members (excludes halogenated alkanes) is 1. The lowest BCUT2D eigenvalue weighted by Crippen LogP contribution is -2.52. The molecule has 0 radical (unpaired) electrons. The van der Waals surface area contributed by atoms with Crippen molar-refractivity contribution in [1.29, 1.82) is 0 Å². The van der Waals surface area contributed by atoms with Crippen molar-refractivity contribution in [3.05, 3.63) is 108 Å². The van der Waals surface area contributed by atoms with Crippen molar-refractivity contribution in [2.75, 3.05) is 32.8 Å². The third-order valence-corrected chi connectivity index (χ3v) is 10.3. The summed E-state index contributed by atoms with van der Waals surface area (Å²) >= 11 is 0. The Bertz CT molecular complexity index is 2360. The molecule has 4 aromatic carbocycles. The number of para-hydroxylation sites is 1. The fraction of sp³-hybridized carbons (Fsp3) is 0.250. The summed E-state index contributed by atoms with van der Waals surface area (Å²) in [6.07, 6.45) is 2.10. The lowest BCUT2D eigenvalue weighted by molar-refractivity contribution is -0.137. The summed E-state index contributed by atoms with van der Waals surface area (Å²) in [4.78, 5) is 57.2. The molecule has 0 aliphatic carbocycles. The number of nitrogens with zero attached hydrogens (tertiary/aromatic N) is 2. The minimum atomic E-state index is -0.672. The SMILES string of the molecule is COc1ccc(-c2cc(-c3ccc(OCCCCOc4cccc5c4C(=O)N(C4CCC(=O)NC4=O)C5)cc3)nc3c2CC(=O)Nc2ccccc2-3)cc1OC. The van der Waals surface area contributed by atoms with E-state index in [0.29, 0.717) is 66.8 Å². The first-order valence-electron chi connectivity index (χ1n) is 18.6. The Kier molecular flexibility index (Phi) is 10.1. The molecule has 1 saturated heterocycles. The zero-order chi connectivity index (χ0) is 38.8. The number of carbonyl (C=O) groups excluding carboxylic acids is 4. The number of anilines is 1. The number of benzene rings is 4. The summed E-state index contributed by atoms with van der Waals surface area (Å²) in [5.74, 6) is 1.28. The van der Waals surface area contributed by atoms with Crippen LogP contribution < -0.4 is 29.6 Å². The molecular formula is C44H40N4O8. The van der Waals surface area contributed by atoms with E-state index in [2.05, 4.69) is 10.6 Å². The van der Waals surface area contributed by atoms with E-state index in [1.165, 1.54) is 4.90 Å². The van der Waals surface area contributed by atoms with Gasteiger partial charge in [-0.2, -0.15) is 0 Å². The number of pyridine rings is 1. The van der Waals surface area contributed by atoms with Gasteiger partial charge in [-0.3, -0.25) is 24.5 Å². The number of methoxy groups -OCH3 is 2. The number of piperidine rings is 1. The van der Waals surface area contributed by atoms with Gasteiger partial charge in [0.05, 0.1) is 56.5 Å². The molecule has 2 N–H and O–H groups in total. The van der Waals surface area contributed by atoms with Gasteiger partial charge in [-0.1, -0.05) is 36.4 Å². The van der Waals surface area contributed by atoms with Gasteiger partial charge >= 0.3 is 0 Å². The first-order chi connectivity index (χ1) is 27.3. The number of ether oxygens (including phenoxy) is 4. The van der Waals surface area contributed by atoms with Crippen LogP contribution in [0.15, 0.2) is 91.0 Å². The van der Waals surface area contributed by atoms with Crippen LogP contribution in [-0.2, 0) is 27.3 Å². The van der Waals surface area contributed by atoms with E-state index >= 15 is 0 Å².